The van der Waals surface area contributed by atoms with Crippen molar-refractivity contribution in [3.63, 3.8) is 0 Å². The molecule has 2 aromatic heterocycles. The monoisotopic (exact) mass is 442 g/mol. The molecular weight excluding hydrogens is 420 g/mol. The fourth-order valence-electron chi connectivity index (χ4n) is 4.32. The fraction of sp³-hybridized carbons (Fsp3) is 0.409. The number of likely N-dealkylation sites (N-methyl/N-ethyl adjacent to an activating group) is 1. The quantitative estimate of drug-likeness (QED) is 0.654. The zero-order valence-electron chi connectivity index (χ0n) is 17.4. The predicted octanol–water partition coefficient (Wildman–Crippen LogP) is 3.26. The molecule has 1 N–H and O–H groups in total. The third kappa shape index (κ3) is 3.30. The Morgan fingerprint density at radius 2 is 2.19 bits per heavy atom. The van der Waals surface area contributed by atoms with E-state index in [4.69, 9.17) is 20.9 Å². The van der Waals surface area contributed by atoms with Gasteiger partial charge in [0.25, 0.3) is 11.8 Å². The third-order valence-electron chi connectivity index (χ3n) is 6.41. The summed E-state index contributed by atoms with van der Waals surface area (Å²) >= 11 is 6.25. The van der Waals surface area contributed by atoms with Gasteiger partial charge in [-0.25, -0.2) is 0 Å². The molecule has 162 valence electrons. The molecule has 2 aliphatic rings. The van der Waals surface area contributed by atoms with Gasteiger partial charge in [0.05, 0.1) is 18.7 Å². The van der Waals surface area contributed by atoms with E-state index in [1.807, 2.05) is 12.1 Å². The highest BCUT2D eigenvalue weighted by atomic mass is 35.5. The minimum absolute atomic E-state index is 0.149. The minimum Gasteiger partial charge on any atom is -0.382 e. The van der Waals surface area contributed by atoms with E-state index >= 15 is 0 Å². The first-order chi connectivity index (χ1) is 14.9. The number of benzene rings is 1. The fourth-order valence-corrected chi connectivity index (χ4v) is 4.55. The second-order valence-corrected chi connectivity index (χ2v) is 8.72. The Hall–Kier alpha value is -2.84. The summed E-state index contributed by atoms with van der Waals surface area (Å²) in [6, 6.07) is 7.28. The van der Waals surface area contributed by atoms with Crippen LogP contribution >= 0.6 is 11.6 Å². The van der Waals surface area contributed by atoms with E-state index in [0.29, 0.717) is 41.6 Å². The Labute approximate surface area is 184 Å². The molecule has 9 heteroatoms. The number of nitrogens with one attached hydrogen (secondary N) is 1. The van der Waals surface area contributed by atoms with Gasteiger partial charge in [-0.05, 0) is 31.0 Å². The molecule has 5 rings (SSSR count). The van der Waals surface area contributed by atoms with Crippen LogP contribution in [0.4, 0.5) is 0 Å². The lowest BCUT2D eigenvalue weighted by atomic mass is 10.0. The van der Waals surface area contributed by atoms with Crippen molar-refractivity contribution >= 4 is 34.3 Å². The van der Waals surface area contributed by atoms with E-state index in [-0.39, 0.29) is 29.6 Å². The van der Waals surface area contributed by atoms with Crippen LogP contribution in [0, 0.1) is 0 Å². The number of hydrogen-bond acceptors (Lipinski definition) is 5. The molecule has 3 heterocycles. The first-order valence-corrected chi connectivity index (χ1v) is 10.6. The van der Waals surface area contributed by atoms with Gasteiger partial charge in [0.15, 0.2) is 5.69 Å². The van der Waals surface area contributed by atoms with Crippen LogP contribution in [-0.2, 0) is 17.7 Å². The molecule has 0 saturated heterocycles. The highest BCUT2D eigenvalue weighted by Crippen LogP contribution is 2.42. The topological polar surface area (TPSA) is 91.7 Å². The number of carbonyl (C=O) groups excluding carboxylic acids is 2. The van der Waals surface area contributed by atoms with Crippen molar-refractivity contribution in [3.8, 4) is 0 Å². The number of ether oxygens (including phenoxy) is 1. The van der Waals surface area contributed by atoms with Crippen LogP contribution in [0.1, 0.15) is 45.1 Å². The number of hydrogen-bond donors (Lipinski definition) is 1. The van der Waals surface area contributed by atoms with Crippen molar-refractivity contribution in [2.75, 3.05) is 27.3 Å². The van der Waals surface area contributed by atoms with Crippen LogP contribution in [0.3, 0.4) is 0 Å². The second-order valence-electron chi connectivity index (χ2n) is 8.32. The molecule has 1 aliphatic carbocycles. The van der Waals surface area contributed by atoms with Gasteiger partial charge in [-0.3, -0.25) is 9.59 Å². The van der Waals surface area contributed by atoms with Crippen molar-refractivity contribution in [1.29, 1.82) is 0 Å². The molecule has 2 amide bonds. The van der Waals surface area contributed by atoms with Crippen molar-refractivity contribution < 1.29 is 18.8 Å². The standard InChI is InChI=1S/C22H23ClN4O4/c1-26(22(7-8-22)12-30-2)21(29)19-14-11-27(9-6-18(14)31-25-19)20(28)17-10-13-15(23)4-3-5-16(13)24-17/h3-5,10,24H,6-9,11-12H2,1-2H3. The lowest BCUT2D eigenvalue weighted by Gasteiger charge is -2.28. The Kier molecular flexibility index (Phi) is 4.79. The number of H-pyrrole nitrogens is 1. The molecule has 1 saturated carbocycles. The van der Waals surface area contributed by atoms with Crippen LogP contribution in [-0.4, -0.2) is 64.6 Å². The average Bonchev–Trinajstić information content (AvgIpc) is 3.23. The predicted molar refractivity (Wildman–Crippen MR) is 114 cm³/mol. The van der Waals surface area contributed by atoms with Crippen molar-refractivity contribution in [3.05, 3.63) is 52.0 Å². The minimum atomic E-state index is -0.272. The van der Waals surface area contributed by atoms with E-state index < -0.39 is 0 Å². The summed E-state index contributed by atoms with van der Waals surface area (Å²) in [4.78, 5) is 32.9. The molecule has 0 bridgehead atoms. The van der Waals surface area contributed by atoms with Crippen molar-refractivity contribution in [2.45, 2.75) is 31.3 Å². The van der Waals surface area contributed by atoms with Crippen LogP contribution in [0.5, 0.6) is 0 Å². The summed E-state index contributed by atoms with van der Waals surface area (Å²) in [6.45, 7) is 1.25. The zero-order chi connectivity index (χ0) is 21.8. The number of halogens is 1. The maximum absolute atomic E-state index is 13.2. The maximum Gasteiger partial charge on any atom is 0.276 e. The number of aromatic amines is 1. The number of aromatic nitrogens is 2. The van der Waals surface area contributed by atoms with E-state index in [2.05, 4.69) is 10.1 Å². The van der Waals surface area contributed by atoms with Gasteiger partial charge in [0.2, 0.25) is 0 Å². The normalized spacial score (nSPS) is 16.9. The van der Waals surface area contributed by atoms with Gasteiger partial charge in [0, 0.05) is 48.6 Å². The summed E-state index contributed by atoms with van der Waals surface area (Å²) in [5, 5.41) is 5.46. The Bertz CT molecular complexity index is 1180. The van der Waals surface area contributed by atoms with Gasteiger partial charge in [-0.2, -0.15) is 0 Å². The number of fused-ring (bicyclic) bond motifs is 2. The van der Waals surface area contributed by atoms with Crippen molar-refractivity contribution in [2.24, 2.45) is 0 Å². The van der Waals surface area contributed by atoms with E-state index in [1.54, 1.807) is 36.1 Å². The SMILES string of the molecule is COCC1(N(C)C(=O)c2noc3c2CN(C(=O)c2cc4c(Cl)cccc4[nH]2)CC3)CC1. The molecule has 0 radical (unpaired) electrons. The van der Waals surface area contributed by atoms with E-state index in [9.17, 15) is 9.59 Å². The summed E-state index contributed by atoms with van der Waals surface area (Å²) < 4.78 is 10.8. The molecule has 8 nitrogen and oxygen atoms in total. The van der Waals surface area contributed by atoms with Crippen LogP contribution in [0.25, 0.3) is 10.9 Å². The molecule has 1 fully saturated rings. The Morgan fingerprint density at radius 1 is 1.39 bits per heavy atom. The largest absolute Gasteiger partial charge is 0.382 e. The van der Waals surface area contributed by atoms with Gasteiger partial charge >= 0.3 is 0 Å². The second kappa shape index (κ2) is 7.39. The average molecular weight is 443 g/mol. The molecule has 3 aromatic rings. The molecule has 0 spiro atoms. The van der Waals surface area contributed by atoms with Gasteiger partial charge < -0.3 is 24.0 Å². The maximum atomic E-state index is 13.2. The van der Waals surface area contributed by atoms with Gasteiger partial charge in [-0.1, -0.05) is 22.8 Å². The Balaban J connectivity index is 1.39. The number of rotatable bonds is 5. The smallest absolute Gasteiger partial charge is 0.276 e. The lowest BCUT2D eigenvalue weighted by Crippen LogP contribution is -2.43. The molecule has 0 unspecified atom stereocenters. The number of nitrogens with zero attached hydrogens (tertiary/aromatic N) is 3. The van der Waals surface area contributed by atoms with E-state index in [0.717, 1.165) is 23.7 Å². The first kappa shape index (κ1) is 20.1. The Morgan fingerprint density at radius 3 is 2.90 bits per heavy atom. The van der Waals surface area contributed by atoms with Gasteiger partial charge in [-0.15, -0.1) is 0 Å². The number of carbonyl (C=O) groups is 2. The summed E-state index contributed by atoms with van der Waals surface area (Å²) in [6.07, 6.45) is 2.31. The van der Waals surface area contributed by atoms with Crippen LogP contribution in [0.15, 0.2) is 28.8 Å². The highest BCUT2D eigenvalue weighted by molar-refractivity contribution is 6.35. The van der Waals surface area contributed by atoms with Crippen molar-refractivity contribution in [1.82, 2.24) is 19.9 Å². The molecular formula is C22H23ClN4O4. The molecule has 1 aliphatic heterocycles. The molecule has 31 heavy (non-hydrogen) atoms. The number of amides is 2. The first-order valence-electron chi connectivity index (χ1n) is 10.2. The van der Waals surface area contributed by atoms with E-state index in [1.165, 1.54) is 0 Å². The zero-order valence-corrected chi connectivity index (χ0v) is 18.2. The van der Waals surface area contributed by atoms with Gasteiger partial charge in [0.1, 0.15) is 11.5 Å². The summed E-state index contributed by atoms with van der Waals surface area (Å²) in [5.74, 6) is 0.312. The third-order valence-corrected chi connectivity index (χ3v) is 6.74. The number of methoxy groups -OCH3 is 1. The van der Waals surface area contributed by atoms with Crippen LogP contribution in [0.2, 0.25) is 5.02 Å². The highest BCUT2D eigenvalue weighted by Gasteiger charge is 2.49. The summed E-state index contributed by atoms with van der Waals surface area (Å²) in [7, 11) is 3.41. The lowest BCUT2D eigenvalue weighted by molar-refractivity contribution is 0.0538. The van der Waals surface area contributed by atoms with Crippen LogP contribution < -0.4 is 0 Å². The molecule has 1 aromatic carbocycles. The summed E-state index contributed by atoms with van der Waals surface area (Å²) in [5.41, 5.74) is 1.95. The molecule has 0 atom stereocenters.